The number of carbonyl (C=O) groups is 3. The second kappa shape index (κ2) is 7.77. The van der Waals surface area contributed by atoms with Crippen LogP contribution in [0.3, 0.4) is 0 Å². The number of nitro benzene ring substituents is 1. The lowest BCUT2D eigenvalue weighted by molar-refractivity contribution is -0.385. The second-order valence-corrected chi connectivity index (χ2v) is 6.07. The van der Waals surface area contributed by atoms with Crippen LogP contribution in [0, 0.1) is 21.4 Å². The number of nitrogens with one attached hydrogen (secondary N) is 1. The number of carbonyl (C=O) groups excluding carboxylic acids is 3. The van der Waals surface area contributed by atoms with Gasteiger partial charge in [0.25, 0.3) is 17.5 Å². The standard InChI is InChI=1S/C19H14N4O6/c1-11(17(24)21-12-5-7-13(8-6-12)29-10-9-20)22-18(25)14-3-2-4-15(23(27)28)16(14)19(22)26/h2-8,11H,10H2,1H3,(H,21,24). The van der Waals surface area contributed by atoms with Crippen molar-refractivity contribution in [3.63, 3.8) is 0 Å². The SMILES string of the molecule is CC(C(=O)Nc1ccc(OCC#N)cc1)N1C(=O)c2cccc([N+](=O)[O-])c2C1=O. The highest BCUT2D eigenvalue weighted by atomic mass is 16.6. The Morgan fingerprint density at radius 2 is 1.93 bits per heavy atom. The molecule has 3 rings (SSSR count). The van der Waals surface area contributed by atoms with Gasteiger partial charge in [-0.2, -0.15) is 5.26 Å². The highest BCUT2D eigenvalue weighted by Gasteiger charge is 2.44. The van der Waals surface area contributed by atoms with Crippen LogP contribution in [0.25, 0.3) is 0 Å². The number of nitriles is 1. The number of imide groups is 1. The van der Waals surface area contributed by atoms with E-state index in [1.165, 1.54) is 31.2 Å². The first kappa shape index (κ1) is 19.5. The minimum atomic E-state index is -1.20. The Balaban J connectivity index is 1.77. The molecule has 1 aliphatic rings. The summed E-state index contributed by atoms with van der Waals surface area (Å²) in [5.74, 6) is -1.87. The minimum Gasteiger partial charge on any atom is -0.479 e. The van der Waals surface area contributed by atoms with Crippen LogP contribution in [0.2, 0.25) is 0 Å². The van der Waals surface area contributed by atoms with E-state index < -0.39 is 34.4 Å². The number of rotatable bonds is 6. The lowest BCUT2D eigenvalue weighted by Gasteiger charge is -2.21. The Hall–Kier alpha value is -4.26. The fraction of sp³-hybridized carbons (Fsp3) is 0.158. The molecule has 1 unspecified atom stereocenters. The molecule has 1 N–H and O–H groups in total. The monoisotopic (exact) mass is 394 g/mol. The van der Waals surface area contributed by atoms with Crippen LogP contribution in [0.1, 0.15) is 27.6 Å². The molecule has 29 heavy (non-hydrogen) atoms. The average Bonchev–Trinajstić information content (AvgIpc) is 2.97. The predicted molar refractivity (Wildman–Crippen MR) is 99.2 cm³/mol. The zero-order chi connectivity index (χ0) is 21.1. The van der Waals surface area contributed by atoms with E-state index in [0.717, 1.165) is 6.07 Å². The van der Waals surface area contributed by atoms with Crippen molar-refractivity contribution < 1.29 is 24.0 Å². The third-order valence-corrected chi connectivity index (χ3v) is 4.31. The summed E-state index contributed by atoms with van der Waals surface area (Å²) < 4.78 is 5.11. The van der Waals surface area contributed by atoms with Crippen LogP contribution in [0.15, 0.2) is 42.5 Å². The normalized spacial score (nSPS) is 13.4. The number of amides is 3. The van der Waals surface area contributed by atoms with E-state index in [2.05, 4.69) is 5.32 Å². The number of benzene rings is 2. The van der Waals surface area contributed by atoms with Crippen molar-refractivity contribution in [1.82, 2.24) is 4.90 Å². The third-order valence-electron chi connectivity index (χ3n) is 4.31. The molecular formula is C19H14N4O6. The molecule has 10 nitrogen and oxygen atoms in total. The molecule has 0 saturated carbocycles. The quantitative estimate of drug-likeness (QED) is 0.449. The summed E-state index contributed by atoms with van der Waals surface area (Å²) in [6.45, 7) is 1.24. The number of nitro groups is 1. The second-order valence-electron chi connectivity index (χ2n) is 6.07. The molecule has 2 aromatic rings. The summed E-state index contributed by atoms with van der Waals surface area (Å²) in [4.78, 5) is 48.9. The highest BCUT2D eigenvalue weighted by molar-refractivity contribution is 6.24. The van der Waals surface area contributed by atoms with Gasteiger partial charge in [0.1, 0.15) is 23.4 Å². The van der Waals surface area contributed by atoms with Crippen molar-refractivity contribution in [2.75, 3.05) is 11.9 Å². The Morgan fingerprint density at radius 1 is 1.24 bits per heavy atom. The van der Waals surface area contributed by atoms with Gasteiger partial charge >= 0.3 is 0 Å². The molecule has 0 fully saturated rings. The highest BCUT2D eigenvalue weighted by Crippen LogP contribution is 2.32. The third kappa shape index (κ3) is 3.61. The lowest BCUT2D eigenvalue weighted by atomic mass is 10.1. The van der Waals surface area contributed by atoms with E-state index in [1.54, 1.807) is 12.1 Å². The fourth-order valence-corrected chi connectivity index (χ4v) is 2.90. The maximum Gasteiger partial charge on any atom is 0.282 e. The van der Waals surface area contributed by atoms with Crippen molar-refractivity contribution in [2.45, 2.75) is 13.0 Å². The van der Waals surface area contributed by atoms with Crippen LogP contribution < -0.4 is 10.1 Å². The maximum absolute atomic E-state index is 12.7. The molecule has 0 aliphatic carbocycles. The molecule has 3 amide bonds. The summed E-state index contributed by atoms with van der Waals surface area (Å²) in [5, 5.41) is 22.2. The fourth-order valence-electron chi connectivity index (χ4n) is 2.90. The first-order chi connectivity index (χ1) is 13.8. The van der Waals surface area contributed by atoms with Gasteiger partial charge in [-0.1, -0.05) is 6.07 Å². The number of hydrogen-bond acceptors (Lipinski definition) is 7. The van der Waals surface area contributed by atoms with Crippen LogP contribution in [-0.4, -0.2) is 40.2 Å². The van der Waals surface area contributed by atoms with Crippen molar-refractivity contribution in [1.29, 1.82) is 5.26 Å². The van der Waals surface area contributed by atoms with Gasteiger partial charge < -0.3 is 10.1 Å². The number of hydrogen-bond donors (Lipinski definition) is 1. The molecule has 2 aromatic carbocycles. The topological polar surface area (TPSA) is 143 Å². The summed E-state index contributed by atoms with van der Waals surface area (Å²) in [6.07, 6.45) is 0. The van der Waals surface area contributed by atoms with Crippen LogP contribution in [0.5, 0.6) is 5.75 Å². The first-order valence-electron chi connectivity index (χ1n) is 8.41. The van der Waals surface area contributed by atoms with Crippen LogP contribution in [-0.2, 0) is 4.79 Å². The molecule has 146 valence electrons. The summed E-state index contributed by atoms with van der Waals surface area (Å²) in [7, 11) is 0. The molecule has 1 atom stereocenters. The summed E-state index contributed by atoms with van der Waals surface area (Å²) >= 11 is 0. The van der Waals surface area contributed by atoms with E-state index in [0.29, 0.717) is 16.3 Å². The van der Waals surface area contributed by atoms with Gasteiger partial charge in [0.2, 0.25) is 5.91 Å². The van der Waals surface area contributed by atoms with Crippen molar-refractivity contribution >= 4 is 29.1 Å². The lowest BCUT2D eigenvalue weighted by Crippen LogP contribution is -2.45. The molecular weight excluding hydrogens is 380 g/mol. The van der Waals surface area contributed by atoms with Gasteiger partial charge in [0.05, 0.1) is 10.5 Å². The van der Waals surface area contributed by atoms with E-state index in [1.807, 2.05) is 6.07 Å². The Bertz CT molecular complexity index is 1060. The van der Waals surface area contributed by atoms with Crippen molar-refractivity contribution in [3.05, 3.63) is 63.7 Å². The van der Waals surface area contributed by atoms with E-state index in [-0.39, 0.29) is 17.7 Å². The van der Waals surface area contributed by atoms with Crippen molar-refractivity contribution in [2.24, 2.45) is 0 Å². The number of nitrogens with zero attached hydrogens (tertiary/aromatic N) is 3. The van der Waals surface area contributed by atoms with Gasteiger partial charge in [-0.05, 0) is 37.3 Å². The number of ether oxygens (including phenoxy) is 1. The average molecular weight is 394 g/mol. The van der Waals surface area contributed by atoms with Crippen molar-refractivity contribution in [3.8, 4) is 11.8 Å². The molecule has 10 heteroatoms. The molecule has 0 bridgehead atoms. The molecule has 0 saturated heterocycles. The van der Waals surface area contributed by atoms with Gasteiger partial charge in [0, 0.05) is 11.8 Å². The Labute approximate surface area is 164 Å². The molecule has 0 radical (unpaired) electrons. The summed E-state index contributed by atoms with van der Waals surface area (Å²) in [6, 6.07) is 10.5. The molecule has 0 spiro atoms. The first-order valence-corrected chi connectivity index (χ1v) is 8.41. The van der Waals surface area contributed by atoms with Crippen LogP contribution >= 0.6 is 0 Å². The van der Waals surface area contributed by atoms with E-state index in [9.17, 15) is 24.5 Å². The van der Waals surface area contributed by atoms with E-state index >= 15 is 0 Å². The Kier molecular flexibility index (Phi) is 5.23. The molecule has 0 aromatic heterocycles. The van der Waals surface area contributed by atoms with Gasteiger partial charge in [-0.15, -0.1) is 0 Å². The van der Waals surface area contributed by atoms with Crippen LogP contribution in [0.4, 0.5) is 11.4 Å². The Morgan fingerprint density at radius 3 is 2.55 bits per heavy atom. The predicted octanol–water partition coefficient (Wildman–Crippen LogP) is 2.12. The molecule has 1 heterocycles. The van der Waals surface area contributed by atoms with E-state index in [4.69, 9.17) is 10.00 Å². The zero-order valence-electron chi connectivity index (χ0n) is 15.1. The number of anilines is 1. The smallest absolute Gasteiger partial charge is 0.282 e. The zero-order valence-corrected chi connectivity index (χ0v) is 15.1. The van der Waals surface area contributed by atoms with Gasteiger partial charge in [0.15, 0.2) is 6.61 Å². The largest absolute Gasteiger partial charge is 0.479 e. The molecule has 1 aliphatic heterocycles. The summed E-state index contributed by atoms with van der Waals surface area (Å²) in [5.41, 5.74) is -0.526. The van der Waals surface area contributed by atoms with Gasteiger partial charge in [-0.3, -0.25) is 29.4 Å². The minimum absolute atomic E-state index is 0.108. The van der Waals surface area contributed by atoms with Gasteiger partial charge in [-0.25, -0.2) is 0 Å². The number of fused-ring (bicyclic) bond motifs is 1. The maximum atomic E-state index is 12.7.